The number of ether oxygens (including phenoxy) is 1. The summed E-state index contributed by atoms with van der Waals surface area (Å²) in [5, 5.41) is 0.727. The van der Waals surface area contributed by atoms with Crippen molar-refractivity contribution in [3.05, 3.63) is 19.7 Å². The van der Waals surface area contributed by atoms with Crippen LogP contribution < -0.4 is 0 Å². The van der Waals surface area contributed by atoms with Gasteiger partial charge in [0.25, 0.3) is 0 Å². The van der Waals surface area contributed by atoms with Gasteiger partial charge in [-0.3, -0.25) is 0 Å². The van der Waals surface area contributed by atoms with Gasteiger partial charge < -0.3 is 4.74 Å². The second-order valence-corrected chi connectivity index (χ2v) is 5.03. The minimum Gasteiger partial charge on any atom is -0.371 e. The molecule has 84 valence electrons. The maximum absolute atomic E-state index is 5.94. The third-order valence-corrected chi connectivity index (χ3v) is 4.58. The molecule has 1 rings (SSSR count). The maximum Gasteiger partial charge on any atom is 0.163 e. The van der Waals surface area contributed by atoms with Gasteiger partial charge in [-0.1, -0.05) is 30.1 Å². The zero-order chi connectivity index (χ0) is 11.6. The Morgan fingerprint density at radius 3 is 2.13 bits per heavy atom. The highest BCUT2D eigenvalue weighted by Crippen LogP contribution is 2.30. The lowest BCUT2D eigenvalue weighted by molar-refractivity contribution is -0.00900. The first kappa shape index (κ1) is 13.4. The number of aromatic nitrogens is 2. The third-order valence-electron chi connectivity index (χ3n) is 2.37. The molecule has 1 atom stereocenters. The fourth-order valence-corrected chi connectivity index (χ4v) is 1.65. The molecule has 0 aliphatic heterocycles. The van der Waals surface area contributed by atoms with Crippen LogP contribution in [0, 0.1) is 3.57 Å². The Hall–Kier alpha value is 0.350. The summed E-state index contributed by atoms with van der Waals surface area (Å²) in [5.41, 5.74) is -0.544. The molecule has 0 N–H and O–H groups in total. The molecule has 0 aliphatic carbocycles. The minimum absolute atomic E-state index is 0.363. The van der Waals surface area contributed by atoms with Crippen LogP contribution in [0.1, 0.15) is 26.1 Å². The highest BCUT2D eigenvalue weighted by molar-refractivity contribution is 14.1. The maximum atomic E-state index is 5.94. The van der Waals surface area contributed by atoms with Gasteiger partial charge in [-0.25, -0.2) is 9.97 Å². The summed E-state index contributed by atoms with van der Waals surface area (Å²) < 4.78 is 6.04. The van der Waals surface area contributed by atoms with E-state index in [-0.39, 0.29) is 0 Å². The van der Waals surface area contributed by atoms with Crippen LogP contribution in [-0.4, -0.2) is 17.1 Å². The predicted molar refractivity (Wildman–Crippen MR) is 69.4 cm³/mol. The van der Waals surface area contributed by atoms with Crippen LogP contribution in [0.25, 0.3) is 0 Å². The average Bonchev–Trinajstić information content (AvgIpc) is 2.24. The Balaban J connectivity index is 3.27. The fourth-order valence-electron chi connectivity index (χ4n) is 1.02. The van der Waals surface area contributed by atoms with Crippen molar-refractivity contribution in [1.82, 2.24) is 9.97 Å². The second-order valence-electron chi connectivity index (χ2n) is 3.23. The van der Waals surface area contributed by atoms with Crippen LogP contribution in [0.3, 0.4) is 0 Å². The van der Waals surface area contributed by atoms with Gasteiger partial charge in [0.1, 0.15) is 15.9 Å². The number of rotatable bonds is 3. The van der Waals surface area contributed by atoms with Gasteiger partial charge in [0.15, 0.2) is 5.82 Å². The molecule has 0 radical (unpaired) electrons. The molecule has 0 spiro atoms. The molecule has 3 nitrogen and oxygen atoms in total. The molecule has 15 heavy (non-hydrogen) atoms. The van der Waals surface area contributed by atoms with Gasteiger partial charge in [0, 0.05) is 7.11 Å². The lowest BCUT2D eigenvalue weighted by Crippen LogP contribution is -2.26. The SMILES string of the molecule is CCC(C)(OC)c1nc(Cl)c(I)c(Cl)n1. The molecular formula is C9H11Cl2IN2O. The van der Waals surface area contributed by atoms with E-state index in [1.54, 1.807) is 7.11 Å². The van der Waals surface area contributed by atoms with E-state index >= 15 is 0 Å². The van der Waals surface area contributed by atoms with E-state index in [1.807, 2.05) is 36.4 Å². The topological polar surface area (TPSA) is 35.0 Å². The van der Waals surface area contributed by atoms with E-state index in [2.05, 4.69) is 9.97 Å². The molecule has 0 saturated carbocycles. The van der Waals surface area contributed by atoms with Crippen molar-refractivity contribution in [2.45, 2.75) is 25.9 Å². The van der Waals surface area contributed by atoms with Crippen LogP contribution >= 0.6 is 45.8 Å². The Morgan fingerprint density at radius 1 is 1.33 bits per heavy atom. The van der Waals surface area contributed by atoms with Crippen LogP contribution in [-0.2, 0) is 10.3 Å². The molecule has 1 heterocycles. The summed E-state index contributed by atoms with van der Waals surface area (Å²) in [6, 6.07) is 0. The average molecular weight is 361 g/mol. The molecule has 0 amide bonds. The molecule has 1 unspecified atom stereocenters. The Morgan fingerprint density at radius 2 is 1.80 bits per heavy atom. The Kier molecular flexibility index (Phi) is 4.58. The smallest absolute Gasteiger partial charge is 0.163 e. The van der Waals surface area contributed by atoms with E-state index < -0.39 is 5.60 Å². The number of hydrogen-bond donors (Lipinski definition) is 0. The molecular weight excluding hydrogens is 350 g/mol. The first-order valence-electron chi connectivity index (χ1n) is 4.38. The van der Waals surface area contributed by atoms with E-state index in [0.29, 0.717) is 19.7 Å². The lowest BCUT2D eigenvalue weighted by Gasteiger charge is -2.25. The minimum atomic E-state index is -0.544. The molecule has 6 heteroatoms. The number of methoxy groups -OCH3 is 1. The standard InChI is InChI=1S/C9H11Cl2IN2O/c1-4-9(2,15-3)8-13-6(10)5(12)7(11)14-8/h4H2,1-3H3. The van der Waals surface area contributed by atoms with Gasteiger partial charge >= 0.3 is 0 Å². The van der Waals surface area contributed by atoms with E-state index in [0.717, 1.165) is 6.42 Å². The molecule has 0 aromatic carbocycles. The summed E-state index contributed by atoms with van der Waals surface area (Å²) in [7, 11) is 1.62. The van der Waals surface area contributed by atoms with Gasteiger partial charge in [-0.15, -0.1) is 0 Å². The molecule has 0 bridgehead atoms. The van der Waals surface area contributed by atoms with Crippen LogP contribution in [0.2, 0.25) is 10.3 Å². The second kappa shape index (κ2) is 5.12. The van der Waals surface area contributed by atoms with E-state index in [1.165, 1.54) is 0 Å². The van der Waals surface area contributed by atoms with Gasteiger partial charge in [0.2, 0.25) is 0 Å². The van der Waals surface area contributed by atoms with Gasteiger partial charge in [0.05, 0.1) is 3.57 Å². The van der Waals surface area contributed by atoms with Crippen LogP contribution in [0.4, 0.5) is 0 Å². The highest BCUT2D eigenvalue weighted by Gasteiger charge is 2.28. The van der Waals surface area contributed by atoms with Gasteiger partial charge in [-0.05, 0) is 35.9 Å². The summed E-state index contributed by atoms with van der Waals surface area (Å²) in [4.78, 5) is 8.37. The zero-order valence-electron chi connectivity index (χ0n) is 8.64. The summed E-state index contributed by atoms with van der Waals surface area (Å²) >= 11 is 13.9. The largest absolute Gasteiger partial charge is 0.371 e. The van der Waals surface area contributed by atoms with E-state index in [9.17, 15) is 0 Å². The highest BCUT2D eigenvalue weighted by atomic mass is 127. The summed E-state index contributed by atoms with van der Waals surface area (Å²) in [6.45, 7) is 3.90. The number of nitrogens with zero attached hydrogens (tertiary/aromatic N) is 2. The molecule has 1 aromatic rings. The fraction of sp³-hybridized carbons (Fsp3) is 0.556. The predicted octanol–water partition coefficient (Wildman–Crippen LogP) is 3.66. The molecule has 0 aliphatic rings. The monoisotopic (exact) mass is 360 g/mol. The quantitative estimate of drug-likeness (QED) is 0.609. The van der Waals surface area contributed by atoms with Crippen molar-refractivity contribution in [2.75, 3.05) is 7.11 Å². The van der Waals surface area contributed by atoms with Crippen LogP contribution in [0.5, 0.6) is 0 Å². The Bertz CT molecular complexity index is 346. The first-order valence-corrected chi connectivity index (χ1v) is 6.22. The van der Waals surface area contributed by atoms with Crippen molar-refractivity contribution in [3.8, 4) is 0 Å². The van der Waals surface area contributed by atoms with Crippen molar-refractivity contribution in [3.63, 3.8) is 0 Å². The number of halogens is 3. The van der Waals surface area contributed by atoms with Crippen molar-refractivity contribution in [1.29, 1.82) is 0 Å². The van der Waals surface area contributed by atoms with Crippen molar-refractivity contribution >= 4 is 45.8 Å². The molecule has 0 saturated heterocycles. The molecule has 1 aromatic heterocycles. The number of hydrogen-bond acceptors (Lipinski definition) is 3. The first-order chi connectivity index (χ1) is 6.94. The summed E-state index contributed by atoms with van der Waals surface area (Å²) in [5.74, 6) is 0.517. The zero-order valence-corrected chi connectivity index (χ0v) is 12.3. The third kappa shape index (κ3) is 2.72. The van der Waals surface area contributed by atoms with E-state index in [4.69, 9.17) is 27.9 Å². The van der Waals surface area contributed by atoms with Crippen LogP contribution in [0.15, 0.2) is 0 Å². The normalized spacial score (nSPS) is 15.1. The van der Waals surface area contributed by atoms with Crippen molar-refractivity contribution < 1.29 is 4.74 Å². The van der Waals surface area contributed by atoms with Gasteiger partial charge in [-0.2, -0.15) is 0 Å². The van der Waals surface area contributed by atoms with Crippen molar-refractivity contribution in [2.24, 2.45) is 0 Å². The molecule has 0 fully saturated rings. The summed E-state index contributed by atoms with van der Waals surface area (Å²) in [6.07, 6.45) is 0.747. The Labute approximate surface area is 113 Å². The lowest BCUT2D eigenvalue weighted by atomic mass is 10.0.